The summed E-state index contributed by atoms with van der Waals surface area (Å²) < 4.78 is 17.3. The van der Waals surface area contributed by atoms with Crippen molar-refractivity contribution < 1.29 is 19.0 Å². The van der Waals surface area contributed by atoms with Crippen molar-refractivity contribution in [3.05, 3.63) is 59.7 Å². The maximum atomic E-state index is 10.9. The molecule has 0 bridgehead atoms. The van der Waals surface area contributed by atoms with Gasteiger partial charge in [0.15, 0.2) is 6.79 Å². The minimum Gasteiger partial charge on any atom is -0.543 e. The fourth-order valence-electron chi connectivity index (χ4n) is 4.42. The molecule has 1 N–H and O–H groups in total. The van der Waals surface area contributed by atoms with E-state index in [1.807, 2.05) is 48.5 Å². The molecule has 2 rings (SSSR count). The van der Waals surface area contributed by atoms with Crippen LogP contribution in [-0.4, -0.2) is 27.3 Å². The molecule has 2 aromatic carbocycles. The van der Waals surface area contributed by atoms with E-state index in [0.29, 0.717) is 27.9 Å². The smallest absolute Gasteiger partial charge is 0.258 e. The van der Waals surface area contributed by atoms with E-state index in [-0.39, 0.29) is 6.79 Å². The molecule has 1 unspecified atom stereocenters. The van der Waals surface area contributed by atoms with Gasteiger partial charge in [-0.15, -0.1) is 0 Å². The first-order valence-corrected chi connectivity index (χ1v) is 12.6. The zero-order valence-electron chi connectivity index (χ0n) is 18.8. The van der Waals surface area contributed by atoms with Crippen molar-refractivity contribution in [1.82, 2.24) is 0 Å². The quantitative estimate of drug-likeness (QED) is 0.364. The van der Waals surface area contributed by atoms with Crippen LogP contribution in [0.15, 0.2) is 48.5 Å². The normalized spacial score (nSPS) is 13.2. The van der Waals surface area contributed by atoms with Crippen LogP contribution in [0.25, 0.3) is 0 Å². The highest BCUT2D eigenvalue weighted by molar-refractivity contribution is 6.78. The molecule has 1 atom stereocenters. The summed E-state index contributed by atoms with van der Waals surface area (Å²) in [6.07, 6.45) is -0.778. The number of benzene rings is 2. The van der Waals surface area contributed by atoms with Crippen LogP contribution in [0.4, 0.5) is 0 Å². The van der Waals surface area contributed by atoms with Crippen molar-refractivity contribution in [1.29, 1.82) is 0 Å². The highest BCUT2D eigenvalue weighted by Gasteiger charge is 2.46. The Kier molecular flexibility index (Phi) is 8.31. The Morgan fingerprint density at radius 2 is 1.38 bits per heavy atom. The van der Waals surface area contributed by atoms with Crippen molar-refractivity contribution >= 4 is 8.32 Å². The van der Waals surface area contributed by atoms with Gasteiger partial charge in [0, 0.05) is 12.7 Å². The van der Waals surface area contributed by atoms with Gasteiger partial charge in [-0.25, -0.2) is 0 Å². The molecule has 0 saturated heterocycles. The summed E-state index contributed by atoms with van der Waals surface area (Å²) in [5.41, 5.74) is 3.05. The zero-order valence-corrected chi connectivity index (χ0v) is 19.8. The predicted molar refractivity (Wildman–Crippen MR) is 121 cm³/mol. The molecular weight excluding hydrogens is 380 g/mol. The second kappa shape index (κ2) is 10.3. The van der Waals surface area contributed by atoms with Gasteiger partial charge in [0.1, 0.15) is 17.6 Å². The summed E-state index contributed by atoms with van der Waals surface area (Å²) in [6, 6.07) is 15.3. The first kappa shape index (κ1) is 23.5. The number of hydrogen-bond donors (Lipinski definition) is 1. The van der Waals surface area contributed by atoms with E-state index in [1.165, 1.54) is 0 Å². The highest BCUT2D eigenvalue weighted by atomic mass is 28.4. The van der Waals surface area contributed by atoms with Crippen LogP contribution in [0.1, 0.15) is 58.8 Å². The molecule has 0 radical (unpaired) electrons. The Balaban J connectivity index is 2.26. The second-order valence-electron chi connectivity index (χ2n) is 8.48. The van der Waals surface area contributed by atoms with Crippen LogP contribution < -0.4 is 9.16 Å². The molecule has 0 saturated carbocycles. The predicted octanol–water partition coefficient (Wildman–Crippen LogP) is 6.31. The lowest BCUT2D eigenvalue weighted by atomic mass is 10.0. The van der Waals surface area contributed by atoms with Gasteiger partial charge >= 0.3 is 0 Å². The molecule has 0 heterocycles. The topological polar surface area (TPSA) is 47.9 Å². The van der Waals surface area contributed by atoms with Crippen molar-refractivity contribution in [2.24, 2.45) is 0 Å². The minimum absolute atomic E-state index is 0.142. The van der Waals surface area contributed by atoms with Crippen molar-refractivity contribution in [3.8, 4) is 11.5 Å². The lowest BCUT2D eigenvalue weighted by molar-refractivity contribution is 0.0488. The fraction of sp³-hybridized carbons (Fsp3) is 0.500. The van der Waals surface area contributed by atoms with Crippen LogP contribution in [-0.2, 0) is 4.74 Å². The van der Waals surface area contributed by atoms with E-state index in [1.54, 1.807) is 7.11 Å². The van der Waals surface area contributed by atoms with Gasteiger partial charge in [-0.3, -0.25) is 0 Å². The third-order valence-corrected chi connectivity index (χ3v) is 11.7. The van der Waals surface area contributed by atoms with Crippen LogP contribution in [0.3, 0.4) is 0 Å². The third kappa shape index (κ3) is 5.21. The standard InChI is InChI=1S/C24H36O4Si/c1-17(2)29(18(3)4,19(5)6)28-21-14-12-20(13-15-21)24(25)22-10-8-9-11-23(22)27-16-26-7/h8-15,17-19,24-25H,16H2,1-7H3. The fourth-order valence-corrected chi connectivity index (χ4v) is 9.67. The lowest BCUT2D eigenvalue weighted by Crippen LogP contribution is -2.50. The average molecular weight is 417 g/mol. The van der Waals surface area contributed by atoms with Crippen LogP contribution in [0.2, 0.25) is 16.6 Å². The average Bonchev–Trinajstić information content (AvgIpc) is 2.69. The van der Waals surface area contributed by atoms with E-state index in [9.17, 15) is 5.11 Å². The van der Waals surface area contributed by atoms with Gasteiger partial charge < -0.3 is 19.0 Å². The second-order valence-corrected chi connectivity index (χ2v) is 13.9. The molecule has 0 aromatic heterocycles. The number of hydrogen-bond acceptors (Lipinski definition) is 4. The van der Waals surface area contributed by atoms with E-state index < -0.39 is 14.4 Å². The molecule has 0 aliphatic heterocycles. The van der Waals surface area contributed by atoms with Crippen molar-refractivity contribution in [2.75, 3.05) is 13.9 Å². The summed E-state index contributed by atoms with van der Waals surface area (Å²) >= 11 is 0. The first-order valence-electron chi connectivity index (χ1n) is 10.4. The monoisotopic (exact) mass is 416 g/mol. The van der Waals surface area contributed by atoms with Gasteiger partial charge in [0.25, 0.3) is 8.32 Å². The van der Waals surface area contributed by atoms with Gasteiger partial charge in [0.2, 0.25) is 0 Å². The number of ether oxygens (including phenoxy) is 2. The number of aliphatic hydroxyl groups is 1. The van der Waals surface area contributed by atoms with Crippen LogP contribution >= 0.6 is 0 Å². The van der Waals surface area contributed by atoms with E-state index in [4.69, 9.17) is 13.9 Å². The SMILES string of the molecule is COCOc1ccccc1C(O)c1ccc(O[Si](C(C)C)(C(C)C)C(C)C)cc1. The van der Waals surface area contributed by atoms with Gasteiger partial charge in [-0.05, 0) is 40.4 Å². The molecule has 0 aliphatic carbocycles. The summed E-state index contributed by atoms with van der Waals surface area (Å²) in [4.78, 5) is 0. The summed E-state index contributed by atoms with van der Waals surface area (Å²) in [5, 5.41) is 10.9. The summed E-state index contributed by atoms with van der Waals surface area (Å²) in [5.74, 6) is 1.50. The Hall–Kier alpha value is -1.82. The van der Waals surface area contributed by atoms with Crippen LogP contribution in [0, 0.1) is 0 Å². The Morgan fingerprint density at radius 1 is 0.828 bits per heavy atom. The van der Waals surface area contributed by atoms with E-state index in [0.717, 1.165) is 11.3 Å². The van der Waals surface area contributed by atoms with Gasteiger partial charge in [-0.2, -0.15) is 0 Å². The van der Waals surface area contributed by atoms with Crippen molar-refractivity contribution in [3.63, 3.8) is 0 Å². The van der Waals surface area contributed by atoms with E-state index in [2.05, 4.69) is 41.5 Å². The zero-order chi connectivity index (χ0) is 21.6. The maximum absolute atomic E-state index is 10.9. The number of aliphatic hydroxyl groups excluding tert-OH is 1. The highest BCUT2D eigenvalue weighted by Crippen LogP contribution is 2.43. The third-order valence-electron chi connectivity index (χ3n) is 5.74. The molecule has 0 aliphatic rings. The van der Waals surface area contributed by atoms with Crippen LogP contribution in [0.5, 0.6) is 11.5 Å². The molecule has 29 heavy (non-hydrogen) atoms. The summed E-state index contributed by atoms with van der Waals surface area (Å²) in [6.45, 7) is 13.8. The van der Waals surface area contributed by atoms with Crippen molar-refractivity contribution in [2.45, 2.75) is 64.3 Å². The lowest BCUT2D eigenvalue weighted by Gasteiger charge is -2.42. The Morgan fingerprint density at radius 3 is 1.90 bits per heavy atom. The van der Waals surface area contributed by atoms with Gasteiger partial charge in [0.05, 0.1) is 0 Å². The minimum atomic E-state index is -2.00. The molecule has 4 nitrogen and oxygen atoms in total. The summed E-state index contributed by atoms with van der Waals surface area (Å²) in [7, 11) is -0.421. The van der Waals surface area contributed by atoms with E-state index >= 15 is 0 Å². The molecular formula is C24H36O4Si. The number of rotatable bonds is 10. The molecule has 0 spiro atoms. The number of methoxy groups -OCH3 is 1. The molecule has 0 amide bonds. The molecule has 0 fully saturated rings. The Labute approximate surface area is 177 Å². The molecule has 5 heteroatoms. The largest absolute Gasteiger partial charge is 0.543 e. The number of para-hydroxylation sites is 1. The first-order chi connectivity index (χ1) is 13.7. The maximum Gasteiger partial charge on any atom is 0.258 e. The Bertz CT molecular complexity index is 734. The van der Waals surface area contributed by atoms with Gasteiger partial charge in [-0.1, -0.05) is 71.9 Å². The molecule has 160 valence electrons. The molecule has 2 aromatic rings.